The quantitative estimate of drug-likeness (QED) is 0.454. The van der Waals surface area contributed by atoms with Crippen LogP contribution in [0.4, 0.5) is 10.1 Å². The number of anilines is 1. The standard InChI is InChI=1S/C22H23FN2O5S/c23-15-7-9-16(10-8-15)25-21(27)14-31-19-6-2-1-5-18(19)22(28)30-13-20(26)24-12-17-4-3-11-29-17/h1-2,5-10,17H,3-4,11-14H2,(H,24,26)(H,25,27). The molecule has 1 aliphatic rings. The molecule has 0 bridgehead atoms. The van der Waals surface area contributed by atoms with Gasteiger partial charge in [-0.3, -0.25) is 9.59 Å². The molecule has 7 nitrogen and oxygen atoms in total. The van der Waals surface area contributed by atoms with Crippen molar-refractivity contribution in [2.24, 2.45) is 0 Å². The lowest BCUT2D eigenvalue weighted by molar-refractivity contribution is -0.124. The zero-order chi connectivity index (χ0) is 22.1. The summed E-state index contributed by atoms with van der Waals surface area (Å²) >= 11 is 1.16. The SMILES string of the molecule is O=C(COC(=O)c1ccccc1SCC(=O)Nc1ccc(F)cc1)NCC1CCCO1. The molecule has 0 saturated carbocycles. The van der Waals surface area contributed by atoms with Gasteiger partial charge in [0.25, 0.3) is 5.91 Å². The van der Waals surface area contributed by atoms with E-state index in [0.717, 1.165) is 24.6 Å². The molecule has 1 atom stereocenters. The maximum Gasteiger partial charge on any atom is 0.339 e. The van der Waals surface area contributed by atoms with Gasteiger partial charge in [0, 0.05) is 23.7 Å². The van der Waals surface area contributed by atoms with E-state index in [9.17, 15) is 18.8 Å². The Morgan fingerprint density at radius 1 is 1.10 bits per heavy atom. The molecule has 164 valence electrons. The number of nitrogens with one attached hydrogen (secondary N) is 2. The van der Waals surface area contributed by atoms with Gasteiger partial charge >= 0.3 is 5.97 Å². The molecule has 1 fully saturated rings. The van der Waals surface area contributed by atoms with Gasteiger partial charge in [-0.1, -0.05) is 12.1 Å². The smallest absolute Gasteiger partial charge is 0.339 e. The molecule has 1 aliphatic heterocycles. The van der Waals surface area contributed by atoms with Gasteiger partial charge in [0.2, 0.25) is 5.91 Å². The zero-order valence-corrected chi connectivity index (χ0v) is 17.6. The number of ether oxygens (including phenoxy) is 2. The van der Waals surface area contributed by atoms with Gasteiger partial charge in [0.15, 0.2) is 6.61 Å². The molecule has 1 unspecified atom stereocenters. The molecule has 2 aromatic rings. The van der Waals surface area contributed by atoms with Crippen molar-refractivity contribution in [3.05, 3.63) is 59.9 Å². The van der Waals surface area contributed by atoms with Crippen molar-refractivity contribution >= 4 is 35.2 Å². The van der Waals surface area contributed by atoms with Gasteiger partial charge < -0.3 is 20.1 Å². The maximum absolute atomic E-state index is 12.9. The van der Waals surface area contributed by atoms with Gasteiger partial charge in [0.05, 0.1) is 17.4 Å². The number of benzene rings is 2. The van der Waals surface area contributed by atoms with Crippen molar-refractivity contribution < 1.29 is 28.2 Å². The van der Waals surface area contributed by atoms with E-state index < -0.39 is 18.5 Å². The largest absolute Gasteiger partial charge is 0.452 e. The highest BCUT2D eigenvalue weighted by molar-refractivity contribution is 8.00. The second-order valence-corrected chi connectivity index (χ2v) is 7.87. The number of hydrogen-bond acceptors (Lipinski definition) is 6. The number of carbonyl (C=O) groups excluding carboxylic acids is 3. The summed E-state index contributed by atoms with van der Waals surface area (Å²) in [7, 11) is 0. The lowest BCUT2D eigenvalue weighted by Crippen LogP contribution is -2.34. The molecule has 0 radical (unpaired) electrons. The summed E-state index contributed by atoms with van der Waals surface area (Å²) in [5, 5.41) is 5.35. The highest BCUT2D eigenvalue weighted by atomic mass is 32.2. The minimum Gasteiger partial charge on any atom is -0.452 e. The Morgan fingerprint density at radius 2 is 1.87 bits per heavy atom. The molecule has 0 spiro atoms. The van der Waals surface area contributed by atoms with E-state index in [-0.39, 0.29) is 29.1 Å². The Morgan fingerprint density at radius 3 is 2.61 bits per heavy atom. The van der Waals surface area contributed by atoms with Gasteiger partial charge in [-0.2, -0.15) is 0 Å². The monoisotopic (exact) mass is 446 g/mol. The molecule has 9 heteroatoms. The lowest BCUT2D eigenvalue weighted by Gasteiger charge is -2.12. The minimum atomic E-state index is -0.644. The average molecular weight is 447 g/mol. The topological polar surface area (TPSA) is 93.7 Å². The van der Waals surface area contributed by atoms with Crippen molar-refractivity contribution in [3.8, 4) is 0 Å². The lowest BCUT2D eigenvalue weighted by atomic mass is 10.2. The van der Waals surface area contributed by atoms with E-state index in [1.165, 1.54) is 24.3 Å². The second-order valence-electron chi connectivity index (χ2n) is 6.86. The van der Waals surface area contributed by atoms with Crippen LogP contribution in [-0.4, -0.2) is 49.4 Å². The predicted octanol–water partition coefficient (Wildman–Crippen LogP) is 3.01. The van der Waals surface area contributed by atoms with Crippen LogP contribution < -0.4 is 10.6 Å². The Kier molecular flexibility index (Phi) is 8.43. The average Bonchev–Trinajstić information content (AvgIpc) is 3.30. The Labute approximate surface area is 183 Å². The van der Waals surface area contributed by atoms with E-state index in [1.54, 1.807) is 24.3 Å². The number of carbonyl (C=O) groups is 3. The van der Waals surface area contributed by atoms with Crippen LogP contribution in [0.2, 0.25) is 0 Å². The number of halogens is 1. The molecule has 31 heavy (non-hydrogen) atoms. The predicted molar refractivity (Wildman–Crippen MR) is 114 cm³/mol. The molecule has 2 N–H and O–H groups in total. The molecular weight excluding hydrogens is 423 g/mol. The fourth-order valence-electron chi connectivity index (χ4n) is 2.93. The third-order valence-electron chi connectivity index (χ3n) is 4.48. The second kappa shape index (κ2) is 11.5. The van der Waals surface area contributed by atoms with Gasteiger partial charge in [0.1, 0.15) is 5.82 Å². The first-order chi connectivity index (χ1) is 15.0. The van der Waals surface area contributed by atoms with Crippen LogP contribution in [0.5, 0.6) is 0 Å². The molecule has 1 saturated heterocycles. The van der Waals surface area contributed by atoms with Gasteiger partial charge in [-0.05, 0) is 49.2 Å². The van der Waals surface area contributed by atoms with Gasteiger partial charge in [-0.25, -0.2) is 9.18 Å². The van der Waals surface area contributed by atoms with Crippen LogP contribution in [-0.2, 0) is 19.1 Å². The van der Waals surface area contributed by atoms with Crippen LogP contribution >= 0.6 is 11.8 Å². The summed E-state index contributed by atoms with van der Waals surface area (Å²) in [5.74, 6) is -1.68. The molecule has 1 heterocycles. The number of rotatable bonds is 9. The third kappa shape index (κ3) is 7.37. The first-order valence-corrected chi connectivity index (χ1v) is 10.8. The number of esters is 1. The molecule has 0 aliphatic carbocycles. The highest BCUT2D eigenvalue weighted by Gasteiger charge is 2.18. The number of amides is 2. The molecule has 0 aromatic heterocycles. The van der Waals surface area contributed by atoms with E-state index >= 15 is 0 Å². The molecule has 3 rings (SSSR count). The first-order valence-electron chi connectivity index (χ1n) is 9.84. The van der Waals surface area contributed by atoms with Crippen LogP contribution in [0, 0.1) is 5.82 Å². The first kappa shape index (κ1) is 22.8. The summed E-state index contributed by atoms with van der Waals surface area (Å²) in [6.45, 7) is 0.702. The van der Waals surface area contributed by atoms with Crippen molar-refractivity contribution in [2.75, 3.05) is 30.8 Å². The zero-order valence-electron chi connectivity index (χ0n) is 16.8. The van der Waals surface area contributed by atoms with Crippen LogP contribution in [0.3, 0.4) is 0 Å². The normalized spacial score (nSPS) is 15.3. The minimum absolute atomic E-state index is 0.0119. The Hall–Kier alpha value is -2.91. The highest BCUT2D eigenvalue weighted by Crippen LogP contribution is 2.23. The van der Waals surface area contributed by atoms with Gasteiger partial charge in [-0.15, -0.1) is 11.8 Å². The van der Waals surface area contributed by atoms with Crippen LogP contribution in [0.1, 0.15) is 23.2 Å². The van der Waals surface area contributed by atoms with E-state index in [2.05, 4.69) is 10.6 Å². The number of thioether (sulfide) groups is 1. The van der Waals surface area contributed by atoms with Crippen molar-refractivity contribution in [1.82, 2.24) is 5.32 Å². The summed E-state index contributed by atoms with van der Waals surface area (Å²) in [6.07, 6.45) is 1.89. The van der Waals surface area contributed by atoms with E-state index in [0.29, 0.717) is 23.7 Å². The molecular formula is C22H23FN2O5S. The summed E-state index contributed by atoms with van der Waals surface area (Å²) < 4.78 is 23.5. The van der Waals surface area contributed by atoms with E-state index in [1.807, 2.05) is 0 Å². The number of hydrogen-bond donors (Lipinski definition) is 2. The van der Waals surface area contributed by atoms with Crippen molar-refractivity contribution in [3.63, 3.8) is 0 Å². The molecule has 2 amide bonds. The van der Waals surface area contributed by atoms with Crippen molar-refractivity contribution in [2.45, 2.75) is 23.8 Å². The van der Waals surface area contributed by atoms with Crippen molar-refractivity contribution in [1.29, 1.82) is 0 Å². The summed E-state index contributed by atoms with van der Waals surface area (Å²) in [6, 6.07) is 12.1. The summed E-state index contributed by atoms with van der Waals surface area (Å²) in [4.78, 5) is 37.0. The Bertz CT molecular complexity index is 916. The maximum atomic E-state index is 12.9. The third-order valence-corrected chi connectivity index (χ3v) is 5.55. The Balaban J connectivity index is 1.47. The van der Waals surface area contributed by atoms with Crippen LogP contribution in [0.25, 0.3) is 0 Å². The fourth-order valence-corrected chi connectivity index (χ4v) is 3.77. The molecule has 2 aromatic carbocycles. The fraction of sp³-hybridized carbons (Fsp3) is 0.318. The summed E-state index contributed by atoms with van der Waals surface area (Å²) in [5.41, 5.74) is 0.753. The van der Waals surface area contributed by atoms with Crippen LogP contribution in [0.15, 0.2) is 53.4 Å². The van der Waals surface area contributed by atoms with E-state index in [4.69, 9.17) is 9.47 Å².